The number of likely N-dealkylation sites (N-methyl/N-ethyl adjacent to an activating group) is 1. The molecule has 0 unspecified atom stereocenters. The molecule has 0 aliphatic rings. The third kappa shape index (κ3) is 4.00. The number of aromatic nitrogens is 1. The molecule has 1 amide bonds. The molecule has 0 aliphatic heterocycles. The van der Waals surface area contributed by atoms with Crippen molar-refractivity contribution in [3.8, 4) is 0 Å². The second kappa shape index (κ2) is 6.96. The van der Waals surface area contributed by atoms with Gasteiger partial charge in [-0.1, -0.05) is 6.92 Å². The van der Waals surface area contributed by atoms with Gasteiger partial charge in [0.15, 0.2) is 5.69 Å². The molecule has 0 radical (unpaired) electrons. The fraction of sp³-hybridized carbons (Fsp3) is 0.538. The van der Waals surface area contributed by atoms with Gasteiger partial charge in [-0.2, -0.15) is 0 Å². The van der Waals surface area contributed by atoms with Gasteiger partial charge in [0, 0.05) is 25.8 Å². The van der Waals surface area contributed by atoms with E-state index >= 15 is 0 Å². The lowest BCUT2D eigenvalue weighted by Crippen LogP contribution is -2.37. The number of carbonyl (C=O) groups excluding carboxylic acids is 1. The second-order valence-electron chi connectivity index (χ2n) is 4.54. The highest BCUT2D eigenvalue weighted by Gasteiger charge is 2.18. The first-order valence-electron chi connectivity index (χ1n) is 6.20. The molecule has 18 heavy (non-hydrogen) atoms. The molecular formula is C13H22N4O. The molecule has 1 rings (SSSR count). The van der Waals surface area contributed by atoms with Crippen LogP contribution in [0.1, 0.15) is 23.8 Å². The van der Waals surface area contributed by atoms with E-state index in [4.69, 9.17) is 5.73 Å². The van der Waals surface area contributed by atoms with Crippen molar-refractivity contribution in [2.45, 2.75) is 13.3 Å². The first-order chi connectivity index (χ1) is 8.56. The minimum Gasteiger partial charge on any atom is -0.397 e. The van der Waals surface area contributed by atoms with Crippen LogP contribution in [0.5, 0.6) is 0 Å². The molecule has 0 fully saturated rings. The van der Waals surface area contributed by atoms with E-state index in [2.05, 4.69) is 16.8 Å². The van der Waals surface area contributed by atoms with Crippen molar-refractivity contribution in [2.75, 3.05) is 39.5 Å². The van der Waals surface area contributed by atoms with Gasteiger partial charge >= 0.3 is 0 Å². The maximum atomic E-state index is 12.3. The third-order valence-electron chi connectivity index (χ3n) is 2.64. The molecule has 1 aromatic rings. The van der Waals surface area contributed by atoms with Gasteiger partial charge in [-0.25, -0.2) is 4.98 Å². The second-order valence-corrected chi connectivity index (χ2v) is 4.54. The van der Waals surface area contributed by atoms with E-state index < -0.39 is 0 Å². The van der Waals surface area contributed by atoms with Gasteiger partial charge in [0.25, 0.3) is 5.91 Å². The van der Waals surface area contributed by atoms with Crippen LogP contribution in [0.2, 0.25) is 0 Å². The van der Waals surface area contributed by atoms with Gasteiger partial charge in [-0.3, -0.25) is 4.79 Å². The Kier molecular flexibility index (Phi) is 5.58. The highest BCUT2D eigenvalue weighted by molar-refractivity contribution is 5.97. The standard InChI is InChI=1S/C13H22N4O/c1-4-8-17(10-9-16(2)3)13(18)12-11(14)6-5-7-15-12/h5-7H,4,8-10,14H2,1-3H3. The average Bonchev–Trinajstić information content (AvgIpc) is 2.34. The van der Waals surface area contributed by atoms with Crippen LogP contribution in [0.15, 0.2) is 18.3 Å². The van der Waals surface area contributed by atoms with Crippen LogP contribution in [0.4, 0.5) is 5.69 Å². The molecule has 5 heteroatoms. The monoisotopic (exact) mass is 250 g/mol. The van der Waals surface area contributed by atoms with Crippen molar-refractivity contribution in [3.63, 3.8) is 0 Å². The SMILES string of the molecule is CCCN(CCN(C)C)C(=O)c1ncccc1N. The number of hydrogen-bond acceptors (Lipinski definition) is 4. The average molecular weight is 250 g/mol. The number of nitrogens with zero attached hydrogens (tertiary/aromatic N) is 3. The molecule has 1 heterocycles. The quantitative estimate of drug-likeness (QED) is 0.820. The van der Waals surface area contributed by atoms with Crippen LogP contribution in [-0.2, 0) is 0 Å². The predicted octanol–water partition coefficient (Wildman–Crippen LogP) is 1.08. The van der Waals surface area contributed by atoms with E-state index in [-0.39, 0.29) is 5.91 Å². The summed E-state index contributed by atoms with van der Waals surface area (Å²) in [5.74, 6) is -0.0863. The lowest BCUT2D eigenvalue weighted by Gasteiger charge is -2.24. The number of pyridine rings is 1. The molecule has 0 saturated carbocycles. The highest BCUT2D eigenvalue weighted by atomic mass is 16.2. The molecule has 1 aromatic heterocycles. The van der Waals surface area contributed by atoms with E-state index in [1.165, 1.54) is 0 Å². The van der Waals surface area contributed by atoms with E-state index in [0.717, 1.165) is 19.5 Å². The van der Waals surface area contributed by atoms with E-state index in [1.54, 1.807) is 23.2 Å². The maximum Gasteiger partial charge on any atom is 0.274 e. The van der Waals surface area contributed by atoms with E-state index in [1.807, 2.05) is 14.1 Å². The van der Waals surface area contributed by atoms with Gasteiger partial charge in [0.1, 0.15) is 0 Å². The van der Waals surface area contributed by atoms with Crippen LogP contribution in [0.25, 0.3) is 0 Å². The number of nitrogen functional groups attached to an aromatic ring is 1. The Labute approximate surface area is 109 Å². The van der Waals surface area contributed by atoms with Crippen LogP contribution in [0, 0.1) is 0 Å². The number of anilines is 1. The third-order valence-corrected chi connectivity index (χ3v) is 2.64. The fourth-order valence-electron chi connectivity index (χ4n) is 1.65. The summed E-state index contributed by atoms with van der Waals surface area (Å²) >= 11 is 0. The van der Waals surface area contributed by atoms with Crippen molar-refractivity contribution >= 4 is 11.6 Å². The van der Waals surface area contributed by atoms with Gasteiger partial charge < -0.3 is 15.5 Å². The molecule has 0 aliphatic carbocycles. The Morgan fingerprint density at radius 2 is 2.06 bits per heavy atom. The molecule has 0 atom stereocenters. The summed E-state index contributed by atoms with van der Waals surface area (Å²) in [7, 11) is 3.98. The molecule has 0 bridgehead atoms. The zero-order chi connectivity index (χ0) is 13.5. The van der Waals surface area contributed by atoms with E-state index in [0.29, 0.717) is 17.9 Å². The Bertz CT molecular complexity index is 392. The van der Waals surface area contributed by atoms with Crippen molar-refractivity contribution in [1.82, 2.24) is 14.8 Å². The first-order valence-corrected chi connectivity index (χ1v) is 6.20. The Balaban J connectivity index is 2.79. The molecule has 0 saturated heterocycles. The summed E-state index contributed by atoms with van der Waals surface area (Å²) in [5, 5.41) is 0. The zero-order valence-corrected chi connectivity index (χ0v) is 11.4. The number of nitrogens with two attached hydrogens (primary N) is 1. The fourth-order valence-corrected chi connectivity index (χ4v) is 1.65. The largest absolute Gasteiger partial charge is 0.397 e. The van der Waals surface area contributed by atoms with Crippen molar-refractivity contribution in [3.05, 3.63) is 24.0 Å². The summed E-state index contributed by atoms with van der Waals surface area (Å²) in [4.78, 5) is 20.3. The summed E-state index contributed by atoms with van der Waals surface area (Å²) in [6.07, 6.45) is 2.52. The maximum absolute atomic E-state index is 12.3. The molecule has 0 spiro atoms. The summed E-state index contributed by atoms with van der Waals surface area (Å²) in [6.45, 7) is 4.30. The van der Waals surface area contributed by atoms with Crippen molar-refractivity contribution in [1.29, 1.82) is 0 Å². The van der Waals surface area contributed by atoms with Gasteiger partial charge in [0.2, 0.25) is 0 Å². The molecule has 0 aromatic carbocycles. The van der Waals surface area contributed by atoms with Crippen molar-refractivity contribution in [2.24, 2.45) is 0 Å². The zero-order valence-electron chi connectivity index (χ0n) is 11.4. The minimum atomic E-state index is -0.0863. The van der Waals surface area contributed by atoms with E-state index in [9.17, 15) is 4.79 Å². The number of amides is 1. The Morgan fingerprint density at radius 1 is 1.33 bits per heavy atom. The number of hydrogen-bond donors (Lipinski definition) is 1. The topological polar surface area (TPSA) is 62.5 Å². The first kappa shape index (κ1) is 14.4. The molecular weight excluding hydrogens is 228 g/mol. The highest BCUT2D eigenvalue weighted by Crippen LogP contribution is 2.10. The smallest absolute Gasteiger partial charge is 0.274 e. The van der Waals surface area contributed by atoms with Crippen LogP contribution < -0.4 is 5.73 Å². The predicted molar refractivity (Wildman–Crippen MR) is 73.4 cm³/mol. The van der Waals surface area contributed by atoms with Crippen molar-refractivity contribution < 1.29 is 4.79 Å². The molecule has 5 nitrogen and oxygen atoms in total. The lowest BCUT2D eigenvalue weighted by molar-refractivity contribution is 0.0740. The summed E-state index contributed by atoms with van der Waals surface area (Å²) < 4.78 is 0. The molecule has 2 N–H and O–H groups in total. The summed E-state index contributed by atoms with van der Waals surface area (Å²) in [5.41, 5.74) is 6.58. The minimum absolute atomic E-state index is 0.0863. The normalized spacial score (nSPS) is 10.7. The molecule has 100 valence electrons. The lowest BCUT2D eigenvalue weighted by atomic mass is 10.2. The number of carbonyl (C=O) groups is 1. The Hall–Kier alpha value is -1.62. The van der Waals surface area contributed by atoms with Gasteiger partial charge in [0.05, 0.1) is 5.69 Å². The van der Waals surface area contributed by atoms with Gasteiger partial charge in [-0.15, -0.1) is 0 Å². The van der Waals surface area contributed by atoms with Crippen LogP contribution in [0.3, 0.4) is 0 Å². The summed E-state index contributed by atoms with van der Waals surface area (Å²) in [6, 6.07) is 3.44. The Morgan fingerprint density at radius 3 is 2.61 bits per heavy atom. The van der Waals surface area contributed by atoms with Gasteiger partial charge in [-0.05, 0) is 32.6 Å². The van der Waals surface area contributed by atoms with Crippen LogP contribution in [-0.4, -0.2) is 54.4 Å². The number of rotatable bonds is 6. The van der Waals surface area contributed by atoms with Crippen LogP contribution >= 0.6 is 0 Å².